The van der Waals surface area contributed by atoms with Crippen LogP contribution in [0.1, 0.15) is 45.6 Å². The number of hydrogen-bond acceptors (Lipinski definition) is 3. The topological polar surface area (TPSA) is 67.4 Å². The first-order chi connectivity index (χ1) is 12.4. The number of carbonyl (C=O) groups is 2. The van der Waals surface area contributed by atoms with E-state index in [2.05, 4.69) is 24.5 Å². The van der Waals surface area contributed by atoms with Crippen LogP contribution in [0.2, 0.25) is 0 Å². The Bertz CT molecular complexity index is 629. The van der Waals surface area contributed by atoms with Gasteiger partial charge in [-0.3, -0.25) is 9.59 Å². The summed E-state index contributed by atoms with van der Waals surface area (Å²) < 4.78 is 5.10. The summed E-state index contributed by atoms with van der Waals surface area (Å²) in [6.07, 6.45) is 6.65. The van der Waals surface area contributed by atoms with Crippen molar-refractivity contribution in [3.05, 3.63) is 35.9 Å². The maximum atomic E-state index is 12.4. The summed E-state index contributed by atoms with van der Waals surface area (Å²) in [6, 6.07) is 7.02. The molecule has 26 heavy (non-hydrogen) atoms. The molecule has 2 amide bonds. The number of ether oxygens (including phenoxy) is 1. The zero-order valence-corrected chi connectivity index (χ0v) is 16.1. The Balaban J connectivity index is 1.85. The largest absolute Gasteiger partial charge is 0.497 e. The normalized spacial score (nSPS) is 24.1. The predicted octanol–water partition coefficient (Wildman–Crippen LogP) is 3.15. The van der Waals surface area contributed by atoms with E-state index in [1.54, 1.807) is 20.1 Å². The van der Waals surface area contributed by atoms with Crippen LogP contribution in [0.3, 0.4) is 0 Å². The molecular weight excluding hydrogens is 328 g/mol. The summed E-state index contributed by atoms with van der Waals surface area (Å²) in [7, 11) is 1.61. The van der Waals surface area contributed by atoms with Gasteiger partial charge in [0.05, 0.1) is 7.11 Å². The Morgan fingerprint density at radius 3 is 2.35 bits per heavy atom. The van der Waals surface area contributed by atoms with Gasteiger partial charge in [0, 0.05) is 12.1 Å². The van der Waals surface area contributed by atoms with E-state index in [4.69, 9.17) is 4.74 Å². The van der Waals surface area contributed by atoms with Crippen molar-refractivity contribution in [2.45, 2.75) is 52.1 Å². The molecule has 5 heteroatoms. The maximum absolute atomic E-state index is 12.4. The lowest BCUT2D eigenvalue weighted by Gasteiger charge is -2.35. The number of nitrogens with one attached hydrogen (secondary N) is 2. The van der Waals surface area contributed by atoms with Crippen LogP contribution in [-0.2, 0) is 9.59 Å². The first-order valence-corrected chi connectivity index (χ1v) is 9.33. The monoisotopic (exact) mass is 358 g/mol. The van der Waals surface area contributed by atoms with Gasteiger partial charge in [-0.25, -0.2) is 0 Å². The molecule has 1 aromatic carbocycles. The van der Waals surface area contributed by atoms with Gasteiger partial charge in [0.15, 0.2) is 0 Å². The zero-order chi connectivity index (χ0) is 19.1. The highest BCUT2D eigenvalue weighted by Crippen LogP contribution is 2.28. The molecule has 0 aromatic heterocycles. The molecule has 1 aromatic rings. The minimum absolute atomic E-state index is 0.123. The minimum Gasteiger partial charge on any atom is -0.497 e. The molecular formula is C21H30N2O3. The molecule has 1 aliphatic carbocycles. The van der Waals surface area contributed by atoms with Gasteiger partial charge in [-0.15, -0.1) is 0 Å². The first-order valence-electron chi connectivity index (χ1n) is 9.33. The lowest BCUT2D eigenvalue weighted by Crippen LogP contribution is -2.52. The van der Waals surface area contributed by atoms with Gasteiger partial charge in [0.2, 0.25) is 11.8 Å². The van der Waals surface area contributed by atoms with Crippen LogP contribution in [0.4, 0.5) is 0 Å². The molecule has 0 bridgehead atoms. The molecule has 2 rings (SSSR count). The summed E-state index contributed by atoms with van der Waals surface area (Å²) in [5.74, 6) is 1.30. The van der Waals surface area contributed by atoms with Crippen molar-refractivity contribution < 1.29 is 14.3 Å². The van der Waals surface area contributed by atoms with Gasteiger partial charge in [-0.2, -0.15) is 0 Å². The predicted molar refractivity (Wildman–Crippen MR) is 104 cm³/mol. The van der Waals surface area contributed by atoms with E-state index >= 15 is 0 Å². The molecule has 0 spiro atoms. The third kappa shape index (κ3) is 5.61. The summed E-state index contributed by atoms with van der Waals surface area (Å²) >= 11 is 0. The molecule has 5 nitrogen and oxygen atoms in total. The molecule has 3 atom stereocenters. The number of carbonyl (C=O) groups excluding carboxylic acids is 2. The maximum Gasteiger partial charge on any atom is 0.244 e. The Morgan fingerprint density at radius 2 is 1.77 bits per heavy atom. The van der Waals surface area contributed by atoms with Crippen molar-refractivity contribution in [3.8, 4) is 5.75 Å². The lowest BCUT2D eigenvalue weighted by atomic mass is 9.78. The number of amides is 2. The van der Waals surface area contributed by atoms with E-state index in [0.29, 0.717) is 11.8 Å². The molecule has 0 radical (unpaired) electrons. The van der Waals surface area contributed by atoms with Crippen molar-refractivity contribution in [2.24, 2.45) is 11.8 Å². The Hall–Kier alpha value is -2.30. The fourth-order valence-electron chi connectivity index (χ4n) is 3.47. The van der Waals surface area contributed by atoms with Gasteiger partial charge in [-0.05, 0) is 55.4 Å². The van der Waals surface area contributed by atoms with Gasteiger partial charge in [0.25, 0.3) is 0 Å². The van der Waals surface area contributed by atoms with Gasteiger partial charge in [-0.1, -0.05) is 32.4 Å². The first kappa shape index (κ1) is 20.0. The van der Waals surface area contributed by atoms with E-state index in [1.165, 1.54) is 12.5 Å². The fourth-order valence-corrected chi connectivity index (χ4v) is 3.47. The van der Waals surface area contributed by atoms with Gasteiger partial charge >= 0.3 is 0 Å². The Labute approximate surface area is 156 Å². The highest BCUT2D eigenvalue weighted by Gasteiger charge is 2.30. The van der Waals surface area contributed by atoms with E-state index in [9.17, 15) is 9.59 Å². The van der Waals surface area contributed by atoms with Crippen molar-refractivity contribution in [1.29, 1.82) is 0 Å². The Kier molecular flexibility index (Phi) is 7.25. The molecule has 1 aliphatic rings. The van der Waals surface area contributed by atoms with Crippen LogP contribution in [0.15, 0.2) is 30.3 Å². The van der Waals surface area contributed by atoms with E-state index in [0.717, 1.165) is 24.2 Å². The molecule has 2 N–H and O–H groups in total. The summed E-state index contributed by atoms with van der Waals surface area (Å²) in [5, 5.41) is 5.85. The number of rotatable bonds is 6. The third-order valence-electron chi connectivity index (χ3n) is 5.15. The molecule has 0 aliphatic heterocycles. The van der Waals surface area contributed by atoms with E-state index in [-0.39, 0.29) is 17.9 Å². The highest BCUT2D eigenvalue weighted by atomic mass is 16.5. The number of methoxy groups -OCH3 is 1. The van der Waals surface area contributed by atoms with Crippen molar-refractivity contribution >= 4 is 17.9 Å². The minimum atomic E-state index is -0.565. The van der Waals surface area contributed by atoms with Crippen LogP contribution < -0.4 is 15.4 Å². The lowest BCUT2D eigenvalue weighted by molar-refractivity contribution is -0.127. The molecule has 1 saturated carbocycles. The smallest absolute Gasteiger partial charge is 0.244 e. The third-order valence-corrected chi connectivity index (χ3v) is 5.15. The Morgan fingerprint density at radius 1 is 1.15 bits per heavy atom. The zero-order valence-electron chi connectivity index (χ0n) is 16.1. The average molecular weight is 358 g/mol. The summed E-state index contributed by atoms with van der Waals surface area (Å²) in [5.41, 5.74) is 0.892. The van der Waals surface area contributed by atoms with Gasteiger partial charge < -0.3 is 15.4 Å². The molecule has 3 unspecified atom stereocenters. The molecule has 0 saturated heterocycles. The summed E-state index contributed by atoms with van der Waals surface area (Å²) in [6.45, 7) is 6.08. The van der Waals surface area contributed by atoms with E-state index in [1.807, 2.05) is 24.3 Å². The van der Waals surface area contributed by atoms with Crippen LogP contribution in [-0.4, -0.2) is 31.0 Å². The number of benzene rings is 1. The van der Waals surface area contributed by atoms with Crippen LogP contribution in [0, 0.1) is 11.8 Å². The van der Waals surface area contributed by atoms with Crippen LogP contribution in [0.25, 0.3) is 6.08 Å². The van der Waals surface area contributed by atoms with Crippen molar-refractivity contribution in [1.82, 2.24) is 10.6 Å². The molecule has 142 valence electrons. The number of hydrogen-bond donors (Lipinski definition) is 2. The molecule has 0 heterocycles. The second-order valence-electron chi connectivity index (χ2n) is 7.26. The van der Waals surface area contributed by atoms with Crippen LogP contribution >= 0.6 is 0 Å². The fraction of sp³-hybridized carbons (Fsp3) is 0.524. The second-order valence-corrected chi connectivity index (χ2v) is 7.26. The quantitative estimate of drug-likeness (QED) is 0.768. The van der Waals surface area contributed by atoms with Crippen molar-refractivity contribution in [2.75, 3.05) is 7.11 Å². The SMILES string of the molecule is COc1ccc(/C=C/C(=O)NC(C)C(=O)NC2C(C)CCCC2C)cc1. The van der Waals surface area contributed by atoms with E-state index < -0.39 is 6.04 Å². The van der Waals surface area contributed by atoms with Crippen LogP contribution in [0.5, 0.6) is 5.75 Å². The second kappa shape index (κ2) is 9.41. The standard InChI is InChI=1S/C21H30N2O3/c1-14-6-5-7-15(2)20(14)23-21(25)16(3)22-19(24)13-10-17-8-11-18(26-4)12-9-17/h8-16,20H,5-7H2,1-4H3,(H,22,24)(H,23,25)/b13-10+. The summed E-state index contributed by atoms with van der Waals surface area (Å²) in [4.78, 5) is 24.5. The molecule has 1 fully saturated rings. The highest BCUT2D eigenvalue weighted by molar-refractivity contribution is 5.95. The average Bonchev–Trinajstić information content (AvgIpc) is 2.63. The van der Waals surface area contributed by atoms with Gasteiger partial charge in [0.1, 0.15) is 11.8 Å². The van der Waals surface area contributed by atoms with Crippen molar-refractivity contribution in [3.63, 3.8) is 0 Å².